The Kier molecular flexibility index (Phi) is 5.44. The first-order chi connectivity index (χ1) is 11.3. The Bertz CT molecular complexity index is 854. The lowest BCUT2D eigenvalue weighted by molar-refractivity contribution is 0.0691. The summed E-state index contributed by atoms with van der Waals surface area (Å²) in [5, 5.41) is 9.04. The molecule has 1 aromatic heterocycles. The van der Waals surface area contributed by atoms with E-state index in [2.05, 4.69) is 14.7 Å². The van der Waals surface area contributed by atoms with Gasteiger partial charge in [0.1, 0.15) is 0 Å². The van der Waals surface area contributed by atoms with Crippen molar-refractivity contribution in [1.82, 2.24) is 14.7 Å². The molecule has 0 radical (unpaired) electrons. The first-order valence-corrected chi connectivity index (χ1v) is 8.28. The van der Waals surface area contributed by atoms with Crippen LogP contribution in [0.15, 0.2) is 35.4 Å². The number of aromatic nitrogens is 2. The van der Waals surface area contributed by atoms with Gasteiger partial charge in [-0.15, -0.1) is 0 Å². The molecule has 0 saturated carbocycles. The van der Waals surface area contributed by atoms with E-state index >= 15 is 0 Å². The summed E-state index contributed by atoms with van der Waals surface area (Å²) in [6.07, 6.45) is 1.28. The van der Waals surface area contributed by atoms with Gasteiger partial charge in [-0.3, -0.25) is 0 Å². The highest BCUT2D eigenvalue weighted by molar-refractivity contribution is 7.89. The van der Waals surface area contributed by atoms with E-state index in [1.807, 2.05) is 0 Å². The summed E-state index contributed by atoms with van der Waals surface area (Å²) in [5.41, 5.74) is 5.68. The maximum absolute atomic E-state index is 12.2. The molecule has 1 heterocycles. The standard InChI is InChI=1S/C14H16N4O5S/c1-23-6-5-17-24(21,22)10-4-2-3-9(7-10)11-8-16-13(15)12(18-11)14(19)20/h2-4,7-8,17H,5-6H2,1H3,(H2,15,16)(H,19,20). The summed E-state index contributed by atoms with van der Waals surface area (Å²) in [5.74, 6) is -1.52. The number of ether oxygens (including phenoxy) is 1. The maximum atomic E-state index is 12.2. The average molecular weight is 352 g/mol. The molecule has 128 valence electrons. The van der Waals surface area contributed by atoms with Crippen molar-refractivity contribution in [3.05, 3.63) is 36.2 Å². The van der Waals surface area contributed by atoms with Gasteiger partial charge in [0.25, 0.3) is 0 Å². The minimum absolute atomic E-state index is 0.0200. The van der Waals surface area contributed by atoms with Gasteiger partial charge in [-0.25, -0.2) is 27.9 Å². The van der Waals surface area contributed by atoms with Gasteiger partial charge in [-0.1, -0.05) is 12.1 Å². The minimum Gasteiger partial charge on any atom is -0.476 e. The fourth-order valence-electron chi connectivity index (χ4n) is 1.88. The summed E-state index contributed by atoms with van der Waals surface area (Å²) in [6.45, 7) is 0.373. The number of hydrogen-bond donors (Lipinski definition) is 3. The number of hydrogen-bond acceptors (Lipinski definition) is 7. The molecule has 0 aliphatic heterocycles. The van der Waals surface area contributed by atoms with Gasteiger partial charge in [0.05, 0.1) is 23.4 Å². The van der Waals surface area contributed by atoms with Gasteiger partial charge in [0.2, 0.25) is 10.0 Å². The van der Waals surface area contributed by atoms with Crippen LogP contribution in [0.1, 0.15) is 10.5 Å². The molecule has 10 heteroatoms. The molecule has 0 aliphatic carbocycles. The van der Waals surface area contributed by atoms with Crippen LogP contribution in [0.5, 0.6) is 0 Å². The largest absolute Gasteiger partial charge is 0.476 e. The molecule has 4 N–H and O–H groups in total. The summed E-state index contributed by atoms with van der Waals surface area (Å²) >= 11 is 0. The third kappa shape index (κ3) is 4.04. The Morgan fingerprint density at radius 1 is 1.42 bits per heavy atom. The van der Waals surface area contributed by atoms with Crippen LogP contribution in [0.4, 0.5) is 5.82 Å². The molecule has 0 spiro atoms. The van der Waals surface area contributed by atoms with Crippen molar-refractivity contribution in [3.8, 4) is 11.3 Å². The number of benzene rings is 1. The highest BCUT2D eigenvalue weighted by atomic mass is 32.2. The summed E-state index contributed by atoms with van der Waals surface area (Å²) < 4.78 is 31.6. The van der Waals surface area contributed by atoms with Crippen LogP contribution < -0.4 is 10.5 Å². The zero-order valence-corrected chi connectivity index (χ0v) is 13.6. The number of rotatable bonds is 7. The predicted molar refractivity (Wildman–Crippen MR) is 85.9 cm³/mol. The summed E-state index contributed by atoms with van der Waals surface area (Å²) in [4.78, 5) is 18.8. The van der Waals surface area contributed by atoms with E-state index in [4.69, 9.17) is 15.6 Å². The zero-order chi connectivity index (χ0) is 17.7. The van der Waals surface area contributed by atoms with Gasteiger partial charge in [-0.2, -0.15) is 0 Å². The van der Waals surface area contributed by atoms with E-state index < -0.39 is 16.0 Å². The number of nitrogen functional groups attached to an aromatic ring is 1. The average Bonchev–Trinajstić information content (AvgIpc) is 2.55. The van der Waals surface area contributed by atoms with Crippen molar-refractivity contribution < 1.29 is 23.1 Å². The molecular weight excluding hydrogens is 336 g/mol. The number of nitrogens with one attached hydrogen (secondary N) is 1. The van der Waals surface area contributed by atoms with Gasteiger partial charge >= 0.3 is 5.97 Å². The number of carboxylic acid groups (broad SMARTS) is 1. The number of nitrogens with zero attached hydrogens (tertiary/aromatic N) is 2. The maximum Gasteiger partial charge on any atom is 0.358 e. The van der Waals surface area contributed by atoms with Crippen molar-refractivity contribution in [2.75, 3.05) is 26.0 Å². The topological polar surface area (TPSA) is 144 Å². The van der Waals surface area contributed by atoms with E-state index in [-0.39, 0.29) is 35.3 Å². The molecular formula is C14H16N4O5S. The molecule has 1 aromatic carbocycles. The predicted octanol–water partition coefficient (Wildman–Crippen LogP) is 0.349. The Labute approximate surface area is 138 Å². The molecule has 0 aliphatic rings. The summed E-state index contributed by atoms with van der Waals surface area (Å²) in [7, 11) is -2.25. The molecule has 24 heavy (non-hydrogen) atoms. The number of anilines is 1. The Hall–Kier alpha value is -2.56. The van der Waals surface area contributed by atoms with E-state index in [1.54, 1.807) is 6.07 Å². The molecule has 0 atom stereocenters. The van der Waals surface area contributed by atoms with Crippen LogP contribution >= 0.6 is 0 Å². The highest BCUT2D eigenvalue weighted by Gasteiger charge is 2.16. The molecule has 2 rings (SSSR count). The number of sulfonamides is 1. The van der Waals surface area contributed by atoms with Gasteiger partial charge in [0, 0.05) is 19.2 Å². The number of aromatic carboxylic acids is 1. The van der Waals surface area contributed by atoms with Crippen LogP contribution in [0.2, 0.25) is 0 Å². The van der Waals surface area contributed by atoms with E-state index in [0.717, 1.165) is 0 Å². The number of methoxy groups -OCH3 is 1. The van der Waals surface area contributed by atoms with Crippen molar-refractivity contribution in [3.63, 3.8) is 0 Å². The van der Waals surface area contributed by atoms with E-state index in [1.165, 1.54) is 31.5 Å². The van der Waals surface area contributed by atoms with Crippen LogP contribution in [-0.4, -0.2) is 49.7 Å². The first-order valence-electron chi connectivity index (χ1n) is 6.80. The molecule has 0 saturated heterocycles. The SMILES string of the molecule is COCCNS(=O)(=O)c1cccc(-c2cnc(N)c(C(=O)O)n2)c1. The second-order valence-corrected chi connectivity index (χ2v) is 6.48. The molecule has 0 bridgehead atoms. The molecule has 0 fully saturated rings. The summed E-state index contributed by atoms with van der Waals surface area (Å²) in [6, 6.07) is 5.92. The smallest absolute Gasteiger partial charge is 0.358 e. The first kappa shape index (κ1) is 17.8. The molecule has 0 amide bonds. The lowest BCUT2D eigenvalue weighted by atomic mass is 10.1. The van der Waals surface area contributed by atoms with Crippen LogP contribution in [0.25, 0.3) is 11.3 Å². The van der Waals surface area contributed by atoms with Crippen molar-refractivity contribution in [1.29, 1.82) is 0 Å². The molecule has 9 nitrogen and oxygen atoms in total. The second-order valence-electron chi connectivity index (χ2n) is 4.71. The monoisotopic (exact) mass is 352 g/mol. The second kappa shape index (κ2) is 7.34. The Morgan fingerprint density at radius 3 is 2.83 bits per heavy atom. The minimum atomic E-state index is -3.72. The van der Waals surface area contributed by atoms with E-state index in [0.29, 0.717) is 5.56 Å². The number of carboxylic acids is 1. The lowest BCUT2D eigenvalue weighted by Gasteiger charge is -2.08. The van der Waals surface area contributed by atoms with Crippen molar-refractivity contribution in [2.45, 2.75) is 4.90 Å². The number of carbonyl (C=O) groups is 1. The quantitative estimate of drug-likeness (QED) is 0.605. The van der Waals surface area contributed by atoms with Crippen molar-refractivity contribution >= 4 is 21.8 Å². The molecule has 2 aromatic rings. The van der Waals surface area contributed by atoms with Crippen LogP contribution in [0, 0.1) is 0 Å². The van der Waals surface area contributed by atoms with Gasteiger partial charge in [-0.05, 0) is 12.1 Å². The third-order valence-electron chi connectivity index (χ3n) is 3.04. The fraction of sp³-hybridized carbons (Fsp3) is 0.214. The van der Waals surface area contributed by atoms with Gasteiger partial charge < -0.3 is 15.6 Å². The number of nitrogens with two attached hydrogens (primary N) is 1. The zero-order valence-electron chi connectivity index (χ0n) is 12.8. The van der Waals surface area contributed by atoms with Crippen LogP contribution in [0.3, 0.4) is 0 Å². The molecule has 0 unspecified atom stereocenters. The normalized spacial score (nSPS) is 11.4. The fourth-order valence-corrected chi connectivity index (χ4v) is 2.94. The Morgan fingerprint density at radius 2 is 2.17 bits per heavy atom. The third-order valence-corrected chi connectivity index (χ3v) is 4.50. The Balaban J connectivity index is 2.37. The van der Waals surface area contributed by atoms with Crippen LogP contribution in [-0.2, 0) is 14.8 Å². The lowest BCUT2D eigenvalue weighted by Crippen LogP contribution is -2.27. The van der Waals surface area contributed by atoms with E-state index in [9.17, 15) is 13.2 Å². The van der Waals surface area contributed by atoms with Crippen molar-refractivity contribution in [2.24, 2.45) is 0 Å². The van der Waals surface area contributed by atoms with Gasteiger partial charge in [0.15, 0.2) is 11.5 Å². The highest BCUT2D eigenvalue weighted by Crippen LogP contribution is 2.21.